The molecule has 106 valence electrons. The molecule has 2 atom stereocenters. The van der Waals surface area contributed by atoms with E-state index in [4.69, 9.17) is 9.47 Å². The summed E-state index contributed by atoms with van der Waals surface area (Å²) < 4.78 is 14.1. The van der Waals surface area contributed by atoms with E-state index in [0.29, 0.717) is 13.2 Å². The zero-order chi connectivity index (χ0) is 14.0. The predicted molar refractivity (Wildman–Crippen MR) is 76.3 cm³/mol. The van der Waals surface area contributed by atoms with Crippen molar-refractivity contribution in [2.45, 2.75) is 38.7 Å². The first-order chi connectivity index (χ1) is 9.65. The molecule has 0 saturated carbocycles. The minimum atomic E-state index is -0.589. The summed E-state index contributed by atoms with van der Waals surface area (Å²) in [5.74, 6) is -0.589. The van der Waals surface area contributed by atoms with Crippen LogP contribution in [0.4, 0.5) is 0 Å². The Labute approximate surface area is 119 Å². The van der Waals surface area contributed by atoms with Crippen molar-refractivity contribution >= 4 is 0 Å². The molecule has 0 radical (unpaired) electrons. The maximum atomic E-state index is 6.10. The van der Waals surface area contributed by atoms with E-state index >= 15 is 0 Å². The van der Waals surface area contributed by atoms with Gasteiger partial charge in [0.1, 0.15) is 0 Å². The summed E-state index contributed by atoms with van der Waals surface area (Å²) in [7, 11) is 0. The largest absolute Gasteiger partial charge is 0.345 e. The van der Waals surface area contributed by atoms with Crippen molar-refractivity contribution < 1.29 is 9.47 Å². The van der Waals surface area contributed by atoms with Gasteiger partial charge in [-0.25, -0.2) is 4.98 Å². The monoisotopic (exact) mass is 272 g/mol. The molecule has 0 N–H and O–H groups in total. The molecule has 1 aliphatic rings. The van der Waals surface area contributed by atoms with Crippen LogP contribution < -0.4 is 0 Å². The van der Waals surface area contributed by atoms with Gasteiger partial charge in [-0.15, -0.1) is 0 Å². The second-order valence-electron chi connectivity index (χ2n) is 5.55. The van der Waals surface area contributed by atoms with Crippen LogP contribution in [0.3, 0.4) is 0 Å². The molecule has 1 aromatic carbocycles. The average molecular weight is 272 g/mol. The molecule has 2 unspecified atom stereocenters. The van der Waals surface area contributed by atoms with Gasteiger partial charge in [-0.2, -0.15) is 0 Å². The van der Waals surface area contributed by atoms with Gasteiger partial charge in [-0.05, 0) is 19.4 Å². The SMILES string of the molecule is Cc1cccc(CC2(Cn3ccnc3)OCC(C)O2)c1. The van der Waals surface area contributed by atoms with Crippen molar-refractivity contribution in [3.05, 3.63) is 54.1 Å². The fourth-order valence-electron chi connectivity index (χ4n) is 2.73. The zero-order valence-corrected chi connectivity index (χ0v) is 12.0. The fraction of sp³-hybridized carbons (Fsp3) is 0.438. The van der Waals surface area contributed by atoms with Gasteiger partial charge in [0.25, 0.3) is 0 Å². The molecule has 3 rings (SSSR count). The molecule has 2 heterocycles. The summed E-state index contributed by atoms with van der Waals surface area (Å²) in [5, 5.41) is 0. The Morgan fingerprint density at radius 3 is 3.00 bits per heavy atom. The van der Waals surface area contributed by atoms with Crippen LogP contribution in [0.25, 0.3) is 0 Å². The lowest BCUT2D eigenvalue weighted by Gasteiger charge is -2.28. The van der Waals surface area contributed by atoms with Crippen LogP contribution in [0, 0.1) is 6.92 Å². The average Bonchev–Trinajstić information content (AvgIpc) is 3.00. The quantitative estimate of drug-likeness (QED) is 0.858. The van der Waals surface area contributed by atoms with Gasteiger partial charge in [0.05, 0.1) is 25.6 Å². The molecule has 0 spiro atoms. The van der Waals surface area contributed by atoms with Crippen LogP contribution in [0.15, 0.2) is 43.0 Å². The summed E-state index contributed by atoms with van der Waals surface area (Å²) in [6.45, 7) is 5.45. The molecule has 1 saturated heterocycles. The van der Waals surface area contributed by atoms with Gasteiger partial charge < -0.3 is 14.0 Å². The second-order valence-corrected chi connectivity index (χ2v) is 5.55. The first kappa shape index (κ1) is 13.3. The number of nitrogens with zero attached hydrogens (tertiary/aromatic N) is 2. The summed E-state index contributed by atoms with van der Waals surface area (Å²) in [5.41, 5.74) is 2.49. The van der Waals surface area contributed by atoms with Crippen molar-refractivity contribution in [3.8, 4) is 0 Å². The van der Waals surface area contributed by atoms with Crippen LogP contribution >= 0.6 is 0 Å². The lowest BCUT2D eigenvalue weighted by Crippen LogP contribution is -2.38. The van der Waals surface area contributed by atoms with Gasteiger partial charge in [-0.1, -0.05) is 29.8 Å². The number of imidazole rings is 1. The Bertz CT molecular complexity index is 568. The lowest BCUT2D eigenvalue weighted by atomic mass is 10.0. The third kappa shape index (κ3) is 2.92. The molecular weight excluding hydrogens is 252 g/mol. The van der Waals surface area contributed by atoms with Crippen LogP contribution in [0.2, 0.25) is 0 Å². The fourth-order valence-corrected chi connectivity index (χ4v) is 2.73. The molecule has 4 heteroatoms. The van der Waals surface area contributed by atoms with E-state index < -0.39 is 5.79 Å². The second kappa shape index (κ2) is 5.38. The van der Waals surface area contributed by atoms with E-state index in [2.05, 4.69) is 36.2 Å². The number of aromatic nitrogens is 2. The van der Waals surface area contributed by atoms with E-state index in [1.54, 1.807) is 12.5 Å². The number of ether oxygens (including phenoxy) is 2. The summed E-state index contributed by atoms with van der Waals surface area (Å²) in [6, 6.07) is 8.49. The Balaban J connectivity index is 1.83. The van der Waals surface area contributed by atoms with Crippen molar-refractivity contribution in [2.75, 3.05) is 6.61 Å². The highest BCUT2D eigenvalue weighted by atomic mass is 16.7. The third-order valence-electron chi connectivity index (χ3n) is 3.54. The van der Waals surface area contributed by atoms with E-state index in [9.17, 15) is 0 Å². The Hall–Kier alpha value is -1.65. The summed E-state index contributed by atoms with van der Waals surface area (Å²) >= 11 is 0. The Morgan fingerprint density at radius 1 is 1.45 bits per heavy atom. The van der Waals surface area contributed by atoms with E-state index in [1.165, 1.54) is 11.1 Å². The number of benzene rings is 1. The third-order valence-corrected chi connectivity index (χ3v) is 3.54. The molecular formula is C16H20N2O2. The van der Waals surface area contributed by atoms with Crippen LogP contribution in [-0.2, 0) is 22.4 Å². The van der Waals surface area contributed by atoms with Crippen molar-refractivity contribution in [1.29, 1.82) is 0 Å². The van der Waals surface area contributed by atoms with Gasteiger partial charge in [0.2, 0.25) is 0 Å². The molecule has 0 aliphatic carbocycles. The molecule has 0 bridgehead atoms. The minimum absolute atomic E-state index is 0.128. The first-order valence-corrected chi connectivity index (χ1v) is 6.98. The minimum Gasteiger partial charge on any atom is -0.345 e. The smallest absolute Gasteiger partial charge is 0.190 e. The molecule has 2 aromatic rings. The van der Waals surface area contributed by atoms with E-state index in [-0.39, 0.29) is 6.10 Å². The normalized spacial score (nSPS) is 26.0. The van der Waals surface area contributed by atoms with Gasteiger partial charge >= 0.3 is 0 Å². The maximum absolute atomic E-state index is 6.10. The highest BCUT2D eigenvalue weighted by molar-refractivity contribution is 5.23. The number of hydrogen-bond donors (Lipinski definition) is 0. The summed E-state index contributed by atoms with van der Waals surface area (Å²) in [6.07, 6.45) is 6.39. The van der Waals surface area contributed by atoms with E-state index in [1.807, 2.05) is 17.7 Å². The number of rotatable bonds is 4. The Kier molecular flexibility index (Phi) is 3.59. The standard InChI is InChI=1S/C16H20N2O2/c1-13-4-3-5-15(8-13)9-16(19-10-14(2)20-16)11-18-7-6-17-12-18/h3-8,12,14H,9-11H2,1-2H3. The topological polar surface area (TPSA) is 36.3 Å². The van der Waals surface area contributed by atoms with Gasteiger partial charge in [0, 0.05) is 18.8 Å². The highest BCUT2D eigenvalue weighted by Crippen LogP contribution is 2.29. The number of aryl methyl sites for hydroxylation is 1. The predicted octanol–water partition coefficient (Wildman–Crippen LogP) is 2.57. The maximum Gasteiger partial charge on any atom is 0.190 e. The molecule has 1 aromatic heterocycles. The first-order valence-electron chi connectivity index (χ1n) is 6.98. The highest BCUT2D eigenvalue weighted by Gasteiger charge is 2.40. The van der Waals surface area contributed by atoms with Crippen LogP contribution in [0.1, 0.15) is 18.1 Å². The zero-order valence-electron chi connectivity index (χ0n) is 12.0. The molecule has 1 aliphatic heterocycles. The molecule has 20 heavy (non-hydrogen) atoms. The van der Waals surface area contributed by atoms with Crippen molar-refractivity contribution in [1.82, 2.24) is 9.55 Å². The van der Waals surface area contributed by atoms with Crippen LogP contribution in [0.5, 0.6) is 0 Å². The summed E-state index contributed by atoms with van der Waals surface area (Å²) in [4.78, 5) is 4.09. The molecule has 0 amide bonds. The van der Waals surface area contributed by atoms with E-state index in [0.717, 1.165) is 6.42 Å². The molecule has 4 nitrogen and oxygen atoms in total. The lowest BCUT2D eigenvalue weighted by molar-refractivity contribution is -0.175. The van der Waals surface area contributed by atoms with Crippen LogP contribution in [-0.4, -0.2) is 28.0 Å². The molecule has 1 fully saturated rings. The van der Waals surface area contributed by atoms with Gasteiger partial charge in [0.15, 0.2) is 5.79 Å². The van der Waals surface area contributed by atoms with Crippen molar-refractivity contribution in [3.63, 3.8) is 0 Å². The van der Waals surface area contributed by atoms with Gasteiger partial charge in [-0.3, -0.25) is 0 Å². The number of hydrogen-bond acceptors (Lipinski definition) is 3. The van der Waals surface area contributed by atoms with Crippen molar-refractivity contribution in [2.24, 2.45) is 0 Å². The Morgan fingerprint density at radius 2 is 2.35 bits per heavy atom.